The van der Waals surface area contributed by atoms with Gasteiger partial charge < -0.3 is 19.7 Å². The molecule has 7 heteroatoms. The molecule has 1 heterocycles. The largest absolute Gasteiger partial charge is 0.488 e. The van der Waals surface area contributed by atoms with Crippen molar-refractivity contribution in [2.24, 2.45) is 0 Å². The number of benzene rings is 1. The average Bonchev–Trinajstić information content (AvgIpc) is 2.84. The van der Waals surface area contributed by atoms with E-state index in [1.807, 2.05) is 13.0 Å². The summed E-state index contributed by atoms with van der Waals surface area (Å²) in [6, 6.07) is 6.93. The summed E-state index contributed by atoms with van der Waals surface area (Å²) < 4.78 is 10.4. The second kappa shape index (κ2) is 7.66. The fourth-order valence-corrected chi connectivity index (χ4v) is 2.23. The highest BCUT2D eigenvalue weighted by molar-refractivity contribution is 6.37. The first-order valence-corrected chi connectivity index (χ1v) is 7.19. The molecule has 2 N–H and O–H groups in total. The van der Waals surface area contributed by atoms with Crippen molar-refractivity contribution in [3.63, 3.8) is 0 Å². The molecule has 21 heavy (non-hydrogen) atoms. The Morgan fingerprint density at radius 1 is 1.38 bits per heavy atom. The maximum Gasteiger partial charge on any atom is 0.156 e. The number of para-hydroxylation sites is 1. The fourth-order valence-electron chi connectivity index (χ4n) is 1.73. The lowest BCUT2D eigenvalue weighted by Crippen LogP contribution is -2.31. The first-order chi connectivity index (χ1) is 10.1. The van der Waals surface area contributed by atoms with Crippen molar-refractivity contribution in [2.45, 2.75) is 19.6 Å². The van der Waals surface area contributed by atoms with Gasteiger partial charge in [-0.25, -0.2) is 0 Å². The first-order valence-electron chi connectivity index (χ1n) is 6.44. The molecule has 0 fully saturated rings. The molecule has 0 saturated heterocycles. The van der Waals surface area contributed by atoms with Crippen LogP contribution in [0.25, 0.3) is 0 Å². The van der Waals surface area contributed by atoms with Gasteiger partial charge in [-0.2, -0.15) is 0 Å². The van der Waals surface area contributed by atoms with Crippen LogP contribution in [0.1, 0.15) is 11.5 Å². The van der Waals surface area contributed by atoms with Crippen LogP contribution in [0.15, 0.2) is 28.8 Å². The van der Waals surface area contributed by atoms with Crippen LogP contribution < -0.4 is 10.1 Å². The Bertz CT molecular complexity index is 569. The number of rotatable bonds is 7. The maximum atomic E-state index is 9.86. The molecule has 0 saturated carbocycles. The van der Waals surface area contributed by atoms with Crippen LogP contribution in [0.3, 0.4) is 0 Å². The Morgan fingerprint density at radius 2 is 2.10 bits per heavy atom. The summed E-state index contributed by atoms with van der Waals surface area (Å²) in [6.07, 6.45) is -0.690. The molecule has 0 aliphatic rings. The van der Waals surface area contributed by atoms with Gasteiger partial charge >= 0.3 is 0 Å². The van der Waals surface area contributed by atoms with E-state index in [2.05, 4.69) is 10.5 Å². The lowest BCUT2D eigenvalue weighted by Gasteiger charge is -2.14. The SMILES string of the molecule is Cc1cc(CNCC(O)COc2c(Cl)cccc2Cl)no1. The van der Waals surface area contributed by atoms with Crippen LogP contribution in [0.4, 0.5) is 0 Å². The van der Waals surface area contributed by atoms with E-state index >= 15 is 0 Å². The van der Waals surface area contributed by atoms with Crippen LogP contribution in [0.2, 0.25) is 10.0 Å². The van der Waals surface area contributed by atoms with Crippen molar-refractivity contribution in [2.75, 3.05) is 13.2 Å². The number of aromatic nitrogens is 1. The van der Waals surface area contributed by atoms with Gasteiger partial charge in [0.05, 0.1) is 15.7 Å². The second-order valence-electron chi connectivity index (χ2n) is 4.58. The van der Waals surface area contributed by atoms with Crippen molar-refractivity contribution >= 4 is 23.2 Å². The summed E-state index contributed by atoms with van der Waals surface area (Å²) in [5.41, 5.74) is 0.787. The third kappa shape index (κ3) is 4.89. The molecule has 1 aromatic carbocycles. The van der Waals surface area contributed by atoms with Crippen molar-refractivity contribution < 1.29 is 14.4 Å². The number of nitrogens with zero attached hydrogens (tertiary/aromatic N) is 1. The number of ether oxygens (including phenoxy) is 1. The first kappa shape index (κ1) is 16.1. The van der Waals surface area contributed by atoms with Gasteiger partial charge in [0.1, 0.15) is 18.5 Å². The zero-order valence-electron chi connectivity index (χ0n) is 11.5. The third-order valence-corrected chi connectivity index (χ3v) is 3.30. The zero-order chi connectivity index (χ0) is 15.2. The van der Waals surface area contributed by atoms with Gasteiger partial charge in [0.25, 0.3) is 0 Å². The highest BCUT2D eigenvalue weighted by Crippen LogP contribution is 2.32. The quantitative estimate of drug-likeness (QED) is 0.817. The minimum atomic E-state index is -0.690. The molecule has 0 spiro atoms. The topological polar surface area (TPSA) is 67.5 Å². The molecule has 1 atom stereocenters. The number of halogens is 2. The normalized spacial score (nSPS) is 12.4. The molecule has 0 amide bonds. The summed E-state index contributed by atoms with van der Waals surface area (Å²) in [6.45, 7) is 2.79. The molecular weight excluding hydrogens is 315 g/mol. The Labute approximate surface area is 132 Å². The van der Waals surface area contributed by atoms with Crippen LogP contribution in [-0.4, -0.2) is 29.5 Å². The van der Waals surface area contributed by atoms with E-state index in [4.69, 9.17) is 32.5 Å². The Morgan fingerprint density at radius 3 is 2.71 bits per heavy atom. The monoisotopic (exact) mass is 330 g/mol. The predicted octanol–water partition coefficient (Wildman–Crippen LogP) is 2.82. The van der Waals surface area contributed by atoms with E-state index < -0.39 is 6.10 Å². The second-order valence-corrected chi connectivity index (χ2v) is 5.39. The Kier molecular flexibility index (Phi) is 5.87. The van der Waals surface area contributed by atoms with Crippen molar-refractivity contribution in [3.05, 3.63) is 45.8 Å². The highest BCUT2D eigenvalue weighted by Gasteiger charge is 2.10. The number of nitrogens with one attached hydrogen (secondary N) is 1. The Balaban J connectivity index is 1.73. The third-order valence-electron chi connectivity index (χ3n) is 2.70. The van der Waals surface area contributed by atoms with Gasteiger partial charge in [-0.15, -0.1) is 0 Å². The van der Waals surface area contributed by atoms with Crippen LogP contribution in [0, 0.1) is 6.92 Å². The summed E-state index contributed by atoms with van der Waals surface area (Å²) in [5.74, 6) is 1.14. The number of aliphatic hydroxyl groups is 1. The summed E-state index contributed by atoms with van der Waals surface area (Å²) in [7, 11) is 0. The molecule has 1 unspecified atom stereocenters. The van der Waals surface area contributed by atoms with Crippen LogP contribution in [0.5, 0.6) is 5.75 Å². The predicted molar refractivity (Wildman–Crippen MR) is 80.9 cm³/mol. The summed E-state index contributed by atoms with van der Waals surface area (Å²) >= 11 is 11.9. The van der Waals surface area contributed by atoms with Gasteiger partial charge in [-0.3, -0.25) is 0 Å². The van der Waals surface area contributed by atoms with Crippen LogP contribution >= 0.6 is 23.2 Å². The summed E-state index contributed by atoms with van der Waals surface area (Å²) in [5, 5.41) is 17.6. The number of hydrogen-bond acceptors (Lipinski definition) is 5. The molecular formula is C14H16Cl2N2O3. The number of aliphatic hydroxyl groups excluding tert-OH is 1. The van der Waals surface area contributed by atoms with E-state index in [0.29, 0.717) is 28.9 Å². The molecule has 5 nitrogen and oxygen atoms in total. The minimum absolute atomic E-state index is 0.0916. The number of aryl methyl sites for hydroxylation is 1. The van der Waals surface area contributed by atoms with Crippen molar-refractivity contribution in [1.29, 1.82) is 0 Å². The van der Waals surface area contributed by atoms with E-state index in [-0.39, 0.29) is 6.61 Å². The highest BCUT2D eigenvalue weighted by atomic mass is 35.5. The van der Waals surface area contributed by atoms with E-state index in [0.717, 1.165) is 11.5 Å². The molecule has 0 aliphatic heterocycles. The fraction of sp³-hybridized carbons (Fsp3) is 0.357. The average molecular weight is 331 g/mol. The minimum Gasteiger partial charge on any atom is -0.488 e. The number of hydrogen-bond donors (Lipinski definition) is 2. The van der Waals surface area contributed by atoms with E-state index in [1.165, 1.54) is 0 Å². The van der Waals surface area contributed by atoms with Crippen molar-refractivity contribution in [3.8, 4) is 5.75 Å². The standard InChI is InChI=1S/C14H16Cl2N2O3/c1-9-5-10(18-21-9)6-17-7-11(19)8-20-14-12(15)3-2-4-13(14)16/h2-5,11,17,19H,6-8H2,1H3. The molecule has 2 aromatic rings. The van der Waals surface area contributed by atoms with E-state index in [1.54, 1.807) is 18.2 Å². The van der Waals surface area contributed by atoms with Crippen LogP contribution in [-0.2, 0) is 6.54 Å². The lowest BCUT2D eigenvalue weighted by molar-refractivity contribution is 0.106. The molecule has 0 radical (unpaired) electrons. The molecule has 1 aromatic heterocycles. The molecule has 114 valence electrons. The molecule has 0 aliphatic carbocycles. The van der Waals surface area contributed by atoms with Gasteiger partial charge in [-0.05, 0) is 19.1 Å². The van der Waals surface area contributed by atoms with Gasteiger partial charge in [-0.1, -0.05) is 34.4 Å². The van der Waals surface area contributed by atoms with Gasteiger partial charge in [0.2, 0.25) is 0 Å². The summed E-state index contributed by atoms with van der Waals surface area (Å²) in [4.78, 5) is 0. The lowest BCUT2D eigenvalue weighted by atomic mass is 10.3. The van der Waals surface area contributed by atoms with Gasteiger partial charge in [0, 0.05) is 19.2 Å². The zero-order valence-corrected chi connectivity index (χ0v) is 13.0. The van der Waals surface area contributed by atoms with Gasteiger partial charge in [0.15, 0.2) is 5.75 Å². The smallest absolute Gasteiger partial charge is 0.156 e. The molecule has 2 rings (SSSR count). The maximum absolute atomic E-state index is 9.86. The molecule has 0 bridgehead atoms. The Hall–Kier alpha value is -1.27. The van der Waals surface area contributed by atoms with Crippen molar-refractivity contribution in [1.82, 2.24) is 10.5 Å². The van der Waals surface area contributed by atoms with E-state index in [9.17, 15) is 5.11 Å².